The Morgan fingerprint density at radius 2 is 2.22 bits per heavy atom. The number of halogens is 2. The summed E-state index contributed by atoms with van der Waals surface area (Å²) in [6.07, 6.45) is 1.10. The van der Waals surface area contributed by atoms with Crippen LogP contribution in [0.3, 0.4) is 0 Å². The summed E-state index contributed by atoms with van der Waals surface area (Å²) in [6.45, 7) is 3.87. The van der Waals surface area contributed by atoms with Gasteiger partial charge in [0.15, 0.2) is 0 Å². The van der Waals surface area contributed by atoms with Crippen LogP contribution in [0.5, 0.6) is 0 Å². The summed E-state index contributed by atoms with van der Waals surface area (Å²) in [7, 11) is 0. The van der Waals surface area contributed by atoms with Gasteiger partial charge in [-0.3, -0.25) is 5.10 Å². The number of benzene rings is 1. The Morgan fingerprint density at radius 1 is 1.39 bits per heavy atom. The van der Waals surface area contributed by atoms with Crippen LogP contribution in [-0.2, 0) is 6.54 Å². The third-order valence-electron chi connectivity index (χ3n) is 2.58. The fourth-order valence-electron chi connectivity index (χ4n) is 1.69. The summed E-state index contributed by atoms with van der Waals surface area (Å²) < 4.78 is 13.7. The Balaban J connectivity index is 2.13. The number of H-pyrrole nitrogens is 1. The fourth-order valence-corrected chi connectivity index (χ4v) is 2.24. The van der Waals surface area contributed by atoms with Crippen molar-refractivity contribution in [1.82, 2.24) is 15.5 Å². The Kier molecular flexibility index (Phi) is 4.49. The Hall–Kier alpha value is -1.20. The van der Waals surface area contributed by atoms with Gasteiger partial charge in [-0.2, -0.15) is 5.10 Å². The molecule has 0 bridgehead atoms. The lowest BCUT2D eigenvalue weighted by molar-refractivity contribution is 0.627. The van der Waals surface area contributed by atoms with Crippen LogP contribution in [0.1, 0.15) is 19.0 Å². The number of nitrogens with one attached hydrogen (secondary N) is 2. The maximum absolute atomic E-state index is 13.0. The van der Waals surface area contributed by atoms with Gasteiger partial charge in [0, 0.05) is 22.3 Å². The Morgan fingerprint density at radius 3 is 2.94 bits per heavy atom. The molecule has 0 radical (unpaired) electrons. The highest BCUT2D eigenvalue weighted by Gasteiger charge is 2.08. The second-order valence-electron chi connectivity index (χ2n) is 4.08. The topological polar surface area (TPSA) is 40.7 Å². The van der Waals surface area contributed by atoms with Crippen molar-refractivity contribution < 1.29 is 4.39 Å². The first-order chi connectivity index (χ1) is 8.70. The third-order valence-corrected chi connectivity index (χ3v) is 3.24. The second-order valence-corrected chi connectivity index (χ2v) is 4.93. The normalized spacial score (nSPS) is 10.8. The molecule has 96 valence electrons. The van der Waals surface area contributed by atoms with E-state index in [1.807, 2.05) is 6.07 Å². The van der Waals surface area contributed by atoms with Crippen molar-refractivity contribution in [1.29, 1.82) is 0 Å². The largest absolute Gasteiger partial charge is 0.311 e. The van der Waals surface area contributed by atoms with E-state index >= 15 is 0 Å². The van der Waals surface area contributed by atoms with Gasteiger partial charge in [-0.15, -0.1) is 0 Å². The van der Waals surface area contributed by atoms with Crippen molar-refractivity contribution in [2.45, 2.75) is 19.9 Å². The average molecular weight is 312 g/mol. The molecule has 0 aliphatic rings. The molecule has 5 heteroatoms. The molecule has 1 aromatic carbocycles. The van der Waals surface area contributed by atoms with Gasteiger partial charge in [0.1, 0.15) is 5.82 Å². The van der Waals surface area contributed by atoms with Crippen molar-refractivity contribution in [3.8, 4) is 11.3 Å². The average Bonchev–Trinajstić information content (AvgIpc) is 2.78. The van der Waals surface area contributed by atoms with Gasteiger partial charge in [0.05, 0.1) is 5.69 Å². The third kappa shape index (κ3) is 3.17. The smallest absolute Gasteiger partial charge is 0.124 e. The second kappa shape index (κ2) is 6.11. The van der Waals surface area contributed by atoms with E-state index in [1.54, 1.807) is 6.07 Å². The molecular formula is C13H15BrFN3. The predicted octanol–water partition coefficient (Wildman–Crippen LogP) is 3.48. The van der Waals surface area contributed by atoms with E-state index in [9.17, 15) is 4.39 Å². The van der Waals surface area contributed by atoms with Gasteiger partial charge in [0.25, 0.3) is 0 Å². The minimum atomic E-state index is -0.258. The van der Waals surface area contributed by atoms with E-state index < -0.39 is 0 Å². The number of aromatic amines is 1. The summed E-state index contributed by atoms with van der Waals surface area (Å²) in [5.74, 6) is -0.258. The molecule has 0 fully saturated rings. The molecule has 0 atom stereocenters. The van der Waals surface area contributed by atoms with Gasteiger partial charge in [-0.25, -0.2) is 4.39 Å². The van der Waals surface area contributed by atoms with Crippen molar-refractivity contribution in [2.24, 2.45) is 0 Å². The molecule has 2 rings (SSSR count). The van der Waals surface area contributed by atoms with Gasteiger partial charge in [-0.1, -0.05) is 6.92 Å². The lowest BCUT2D eigenvalue weighted by Gasteiger charge is -2.00. The highest BCUT2D eigenvalue weighted by molar-refractivity contribution is 9.10. The standard InChI is InChI=1S/C13H15BrFN3/c1-2-5-16-8-10-7-13(18-17-10)11-4-3-9(15)6-12(11)14/h3-4,6-7,16H,2,5,8H2,1H3,(H,17,18). The number of hydrogen-bond donors (Lipinski definition) is 2. The number of nitrogens with zero attached hydrogens (tertiary/aromatic N) is 1. The van der Waals surface area contributed by atoms with Crippen LogP contribution in [0.2, 0.25) is 0 Å². The van der Waals surface area contributed by atoms with E-state index in [0.717, 1.165) is 36.5 Å². The van der Waals surface area contributed by atoms with Gasteiger partial charge in [0.2, 0.25) is 0 Å². The maximum Gasteiger partial charge on any atom is 0.124 e. The quantitative estimate of drug-likeness (QED) is 0.830. The first-order valence-corrected chi connectivity index (χ1v) is 6.70. The highest BCUT2D eigenvalue weighted by Crippen LogP contribution is 2.27. The zero-order chi connectivity index (χ0) is 13.0. The predicted molar refractivity (Wildman–Crippen MR) is 73.7 cm³/mol. The van der Waals surface area contributed by atoms with E-state index in [-0.39, 0.29) is 5.82 Å². The summed E-state index contributed by atoms with van der Waals surface area (Å²) >= 11 is 3.35. The molecular weight excluding hydrogens is 297 g/mol. The molecule has 0 aliphatic heterocycles. The first kappa shape index (κ1) is 13.2. The van der Waals surface area contributed by atoms with E-state index in [2.05, 4.69) is 38.4 Å². The Bertz CT molecular complexity index is 525. The molecule has 0 amide bonds. The maximum atomic E-state index is 13.0. The number of hydrogen-bond acceptors (Lipinski definition) is 2. The summed E-state index contributed by atoms with van der Waals surface area (Å²) in [4.78, 5) is 0. The summed E-state index contributed by atoms with van der Waals surface area (Å²) in [5.41, 5.74) is 2.72. The molecule has 18 heavy (non-hydrogen) atoms. The molecule has 0 aliphatic carbocycles. The van der Waals surface area contributed by atoms with E-state index in [4.69, 9.17) is 0 Å². The van der Waals surface area contributed by atoms with E-state index in [1.165, 1.54) is 12.1 Å². The van der Waals surface area contributed by atoms with Crippen LogP contribution in [-0.4, -0.2) is 16.7 Å². The molecule has 0 spiro atoms. The zero-order valence-corrected chi connectivity index (χ0v) is 11.7. The molecule has 1 heterocycles. The first-order valence-electron chi connectivity index (χ1n) is 5.91. The molecule has 2 N–H and O–H groups in total. The number of aromatic nitrogens is 2. The van der Waals surface area contributed by atoms with Crippen molar-refractivity contribution in [3.63, 3.8) is 0 Å². The molecule has 1 aromatic heterocycles. The summed E-state index contributed by atoms with van der Waals surface area (Å²) in [5, 5.41) is 10.5. The van der Waals surface area contributed by atoms with Crippen LogP contribution >= 0.6 is 15.9 Å². The molecule has 0 saturated carbocycles. The van der Waals surface area contributed by atoms with Crippen LogP contribution in [0.15, 0.2) is 28.7 Å². The SMILES string of the molecule is CCCNCc1cc(-c2ccc(F)cc2Br)n[nH]1. The fraction of sp³-hybridized carbons (Fsp3) is 0.308. The van der Waals surface area contributed by atoms with Crippen LogP contribution in [0.25, 0.3) is 11.3 Å². The van der Waals surface area contributed by atoms with Gasteiger partial charge < -0.3 is 5.32 Å². The van der Waals surface area contributed by atoms with E-state index in [0.29, 0.717) is 4.47 Å². The minimum Gasteiger partial charge on any atom is -0.311 e. The summed E-state index contributed by atoms with van der Waals surface area (Å²) in [6, 6.07) is 6.57. The lowest BCUT2D eigenvalue weighted by atomic mass is 10.1. The van der Waals surface area contributed by atoms with Crippen LogP contribution in [0, 0.1) is 5.82 Å². The highest BCUT2D eigenvalue weighted by atomic mass is 79.9. The minimum absolute atomic E-state index is 0.258. The van der Waals surface area contributed by atoms with Crippen LogP contribution in [0.4, 0.5) is 4.39 Å². The molecule has 2 aromatic rings. The lowest BCUT2D eigenvalue weighted by Crippen LogP contribution is -2.13. The zero-order valence-electron chi connectivity index (χ0n) is 10.1. The molecule has 3 nitrogen and oxygen atoms in total. The number of rotatable bonds is 5. The van der Waals surface area contributed by atoms with Crippen molar-refractivity contribution in [3.05, 3.63) is 40.2 Å². The van der Waals surface area contributed by atoms with Crippen molar-refractivity contribution in [2.75, 3.05) is 6.54 Å². The van der Waals surface area contributed by atoms with Crippen LogP contribution < -0.4 is 5.32 Å². The monoisotopic (exact) mass is 311 g/mol. The molecule has 0 unspecified atom stereocenters. The molecule has 0 saturated heterocycles. The Labute approximate surface area is 114 Å². The van der Waals surface area contributed by atoms with Gasteiger partial charge >= 0.3 is 0 Å². The van der Waals surface area contributed by atoms with Gasteiger partial charge in [-0.05, 0) is 53.2 Å². The van der Waals surface area contributed by atoms with Crippen molar-refractivity contribution >= 4 is 15.9 Å².